The zero-order valence-electron chi connectivity index (χ0n) is 8.25. The minimum atomic E-state index is -4.67. The number of alkyl halides is 2. The monoisotopic (exact) mass is 272 g/mol. The Hall–Kier alpha value is -1.35. The molecular weight excluding hydrogens is 264 g/mol. The third-order valence-electron chi connectivity index (χ3n) is 1.72. The predicted molar refractivity (Wildman–Crippen MR) is 52.0 cm³/mol. The number of rotatable bonds is 4. The number of hydrogen-bond acceptors (Lipinski definition) is 3. The lowest BCUT2D eigenvalue weighted by molar-refractivity contribution is 0.153. The summed E-state index contributed by atoms with van der Waals surface area (Å²) in [5, 5.41) is 0. The van der Waals surface area contributed by atoms with Gasteiger partial charge in [0.1, 0.15) is 11.6 Å². The molecule has 0 aliphatic heterocycles. The minimum absolute atomic E-state index is 0.312. The molecule has 1 aromatic carbocycles. The van der Waals surface area contributed by atoms with E-state index >= 15 is 0 Å². The molecule has 0 saturated heterocycles. The lowest BCUT2D eigenvalue weighted by Gasteiger charge is -2.08. The van der Waals surface area contributed by atoms with Gasteiger partial charge in [0.15, 0.2) is 4.90 Å². The van der Waals surface area contributed by atoms with Crippen LogP contribution in [0, 0.1) is 11.6 Å². The van der Waals surface area contributed by atoms with Gasteiger partial charge in [-0.3, -0.25) is 0 Å². The maximum absolute atomic E-state index is 13.2. The normalized spacial score (nSPS) is 12.1. The topological polar surface area (TPSA) is 72.2 Å². The summed E-state index contributed by atoms with van der Waals surface area (Å²) in [6, 6.07) is 1.17. The number of halogens is 4. The van der Waals surface area contributed by atoms with Crippen molar-refractivity contribution in [1.82, 2.24) is 4.72 Å². The molecule has 4 nitrogen and oxygen atoms in total. The van der Waals surface area contributed by atoms with Gasteiger partial charge >= 0.3 is 0 Å². The summed E-state index contributed by atoms with van der Waals surface area (Å²) in [6.45, 7) is -1.23. The zero-order chi connectivity index (χ0) is 13.2. The SMILES string of the molecule is Nc1cc(F)c(S(=O)(=O)NCC(F)F)c(F)c1. The quantitative estimate of drug-likeness (QED) is 0.636. The van der Waals surface area contributed by atoms with Crippen molar-refractivity contribution in [2.45, 2.75) is 11.3 Å². The van der Waals surface area contributed by atoms with E-state index in [4.69, 9.17) is 5.73 Å². The minimum Gasteiger partial charge on any atom is -0.399 e. The molecule has 0 radical (unpaired) electrons. The Bertz CT molecular complexity index is 495. The Morgan fingerprint density at radius 3 is 2.12 bits per heavy atom. The highest BCUT2D eigenvalue weighted by atomic mass is 32.2. The van der Waals surface area contributed by atoms with Crippen molar-refractivity contribution in [2.24, 2.45) is 0 Å². The Morgan fingerprint density at radius 1 is 1.24 bits per heavy atom. The largest absolute Gasteiger partial charge is 0.399 e. The average Bonchev–Trinajstić information content (AvgIpc) is 2.12. The molecule has 1 aromatic rings. The summed E-state index contributed by atoms with van der Waals surface area (Å²) in [6.07, 6.45) is -2.97. The number of anilines is 1. The van der Waals surface area contributed by atoms with Crippen LogP contribution in [0.25, 0.3) is 0 Å². The van der Waals surface area contributed by atoms with Crippen LogP contribution in [0.3, 0.4) is 0 Å². The van der Waals surface area contributed by atoms with E-state index in [2.05, 4.69) is 0 Å². The molecule has 0 aliphatic carbocycles. The molecule has 0 spiro atoms. The van der Waals surface area contributed by atoms with E-state index in [-0.39, 0.29) is 5.69 Å². The van der Waals surface area contributed by atoms with Gasteiger partial charge in [-0.2, -0.15) is 0 Å². The Morgan fingerprint density at radius 2 is 1.71 bits per heavy atom. The maximum Gasteiger partial charge on any atom is 0.251 e. The summed E-state index contributed by atoms with van der Waals surface area (Å²) in [4.78, 5) is -1.33. The van der Waals surface area contributed by atoms with E-state index in [1.807, 2.05) is 0 Å². The molecule has 0 heterocycles. The Labute approximate surface area is 94.5 Å². The highest BCUT2D eigenvalue weighted by Gasteiger charge is 2.25. The second-order valence-electron chi connectivity index (χ2n) is 3.06. The first-order valence-corrected chi connectivity index (χ1v) is 5.74. The van der Waals surface area contributed by atoms with Crippen molar-refractivity contribution in [2.75, 3.05) is 12.3 Å². The predicted octanol–water partition coefficient (Wildman–Crippen LogP) is 1.09. The molecule has 0 unspecified atom stereocenters. The van der Waals surface area contributed by atoms with Crippen LogP contribution in [-0.4, -0.2) is 21.4 Å². The third kappa shape index (κ3) is 3.30. The van der Waals surface area contributed by atoms with Crippen LogP contribution in [-0.2, 0) is 10.0 Å². The fourth-order valence-corrected chi connectivity index (χ4v) is 2.20. The van der Waals surface area contributed by atoms with Gasteiger partial charge in [0, 0.05) is 5.69 Å². The molecule has 0 aromatic heterocycles. The van der Waals surface area contributed by atoms with Crippen molar-refractivity contribution in [1.29, 1.82) is 0 Å². The molecule has 0 fully saturated rings. The van der Waals surface area contributed by atoms with Crippen LogP contribution in [0.5, 0.6) is 0 Å². The van der Waals surface area contributed by atoms with Gasteiger partial charge < -0.3 is 5.73 Å². The van der Waals surface area contributed by atoms with Crippen molar-refractivity contribution in [3.05, 3.63) is 23.8 Å². The van der Waals surface area contributed by atoms with E-state index in [1.165, 1.54) is 4.72 Å². The summed E-state index contributed by atoms with van der Waals surface area (Å²) in [5.41, 5.74) is 4.77. The fraction of sp³-hybridized carbons (Fsp3) is 0.250. The van der Waals surface area contributed by atoms with Crippen molar-refractivity contribution in [3.8, 4) is 0 Å². The zero-order valence-corrected chi connectivity index (χ0v) is 9.07. The molecule has 0 saturated carbocycles. The van der Waals surface area contributed by atoms with E-state index in [0.29, 0.717) is 12.1 Å². The number of nitrogens with two attached hydrogens (primary N) is 1. The van der Waals surface area contributed by atoms with Crippen molar-refractivity contribution < 1.29 is 26.0 Å². The van der Waals surface area contributed by atoms with Crippen molar-refractivity contribution in [3.63, 3.8) is 0 Å². The van der Waals surface area contributed by atoms with Gasteiger partial charge in [-0.15, -0.1) is 0 Å². The molecular formula is C8H8F4N2O2S. The summed E-state index contributed by atoms with van der Waals surface area (Å²) < 4.78 is 74.1. The van der Waals surface area contributed by atoms with Crippen LogP contribution in [0.15, 0.2) is 17.0 Å². The first-order valence-electron chi connectivity index (χ1n) is 4.26. The van der Waals surface area contributed by atoms with Crippen LogP contribution in [0.1, 0.15) is 0 Å². The van der Waals surface area contributed by atoms with Gasteiger partial charge in [-0.25, -0.2) is 30.7 Å². The molecule has 9 heteroatoms. The smallest absolute Gasteiger partial charge is 0.251 e. The fourth-order valence-electron chi connectivity index (χ4n) is 1.08. The van der Waals surface area contributed by atoms with Gasteiger partial charge in [0.05, 0.1) is 6.54 Å². The van der Waals surface area contributed by atoms with Crippen LogP contribution < -0.4 is 10.5 Å². The summed E-state index contributed by atoms with van der Waals surface area (Å²) in [7, 11) is -4.67. The molecule has 0 atom stereocenters. The molecule has 17 heavy (non-hydrogen) atoms. The molecule has 1 rings (SSSR count). The van der Waals surface area contributed by atoms with Crippen LogP contribution >= 0.6 is 0 Å². The summed E-state index contributed by atoms with van der Waals surface area (Å²) >= 11 is 0. The summed E-state index contributed by atoms with van der Waals surface area (Å²) in [5.74, 6) is -2.88. The van der Waals surface area contributed by atoms with E-state index in [9.17, 15) is 26.0 Å². The number of nitrogens with one attached hydrogen (secondary N) is 1. The number of sulfonamides is 1. The first kappa shape index (κ1) is 13.7. The lowest BCUT2D eigenvalue weighted by atomic mass is 10.3. The molecule has 0 amide bonds. The molecule has 0 aliphatic rings. The Kier molecular flexibility index (Phi) is 3.94. The van der Waals surface area contributed by atoms with Crippen molar-refractivity contribution >= 4 is 15.7 Å². The first-order chi connectivity index (χ1) is 7.74. The second-order valence-corrected chi connectivity index (χ2v) is 4.76. The van der Waals surface area contributed by atoms with E-state index in [1.54, 1.807) is 0 Å². The molecule has 3 N–H and O–H groups in total. The van der Waals surface area contributed by atoms with Gasteiger partial charge in [-0.05, 0) is 12.1 Å². The maximum atomic E-state index is 13.2. The number of benzene rings is 1. The molecule has 0 bridgehead atoms. The van der Waals surface area contributed by atoms with Crippen LogP contribution in [0.2, 0.25) is 0 Å². The lowest BCUT2D eigenvalue weighted by Crippen LogP contribution is -2.30. The van der Waals surface area contributed by atoms with Gasteiger partial charge in [0.2, 0.25) is 10.0 Å². The standard InChI is InChI=1S/C8H8F4N2O2S/c9-5-1-4(13)2-6(10)8(5)17(15,16)14-3-7(11)12/h1-2,7,14H,3,13H2. The highest BCUT2D eigenvalue weighted by molar-refractivity contribution is 7.89. The van der Waals surface area contributed by atoms with Gasteiger partial charge in [0.25, 0.3) is 6.43 Å². The Balaban J connectivity index is 3.16. The molecule has 96 valence electrons. The average molecular weight is 272 g/mol. The van der Waals surface area contributed by atoms with Gasteiger partial charge in [-0.1, -0.05) is 0 Å². The number of nitrogen functional groups attached to an aromatic ring is 1. The van der Waals surface area contributed by atoms with E-state index < -0.39 is 39.5 Å². The second kappa shape index (κ2) is 4.88. The van der Waals surface area contributed by atoms with Crippen LogP contribution in [0.4, 0.5) is 23.2 Å². The third-order valence-corrected chi connectivity index (χ3v) is 3.19. The number of hydrogen-bond donors (Lipinski definition) is 2. The van der Waals surface area contributed by atoms with E-state index in [0.717, 1.165) is 0 Å². The highest BCUT2D eigenvalue weighted by Crippen LogP contribution is 2.21.